The largest absolute Gasteiger partial charge is 0.385 e. The Morgan fingerprint density at radius 1 is 1.33 bits per heavy atom. The number of aromatic nitrogens is 4. The van der Waals surface area contributed by atoms with Crippen LogP contribution in [0.15, 0.2) is 23.0 Å². The van der Waals surface area contributed by atoms with Crippen LogP contribution in [0.1, 0.15) is 24.8 Å². The van der Waals surface area contributed by atoms with Crippen LogP contribution in [0.5, 0.6) is 0 Å². The lowest BCUT2D eigenvalue weighted by molar-refractivity contribution is 0.188. The summed E-state index contributed by atoms with van der Waals surface area (Å²) in [5, 5.41) is 3.81. The third-order valence-electron chi connectivity index (χ3n) is 2.39. The smallest absolute Gasteiger partial charge is 0.243 e. The second-order valence-corrected chi connectivity index (χ2v) is 3.77. The van der Waals surface area contributed by atoms with Gasteiger partial charge in [0.2, 0.25) is 17.5 Å². The summed E-state index contributed by atoms with van der Waals surface area (Å²) in [6, 6.07) is 1.44. The zero-order chi connectivity index (χ0) is 12.8. The molecule has 0 amide bonds. The third kappa shape index (κ3) is 3.08. The van der Waals surface area contributed by atoms with Crippen molar-refractivity contribution in [1.82, 2.24) is 20.1 Å². The summed E-state index contributed by atoms with van der Waals surface area (Å²) in [5.41, 5.74) is 5.93. The SMILES string of the molecule is COCCCC(N)c1nc(-c2ncccn2)no1. The van der Waals surface area contributed by atoms with E-state index in [-0.39, 0.29) is 6.04 Å². The number of nitrogens with zero attached hydrogens (tertiary/aromatic N) is 4. The standard InChI is InChI=1S/C11H15N5O2/c1-17-7-2-4-8(12)11-15-10(16-18-11)9-13-5-3-6-14-9/h3,5-6,8H,2,4,7,12H2,1H3. The van der Waals surface area contributed by atoms with Gasteiger partial charge in [-0.2, -0.15) is 4.98 Å². The van der Waals surface area contributed by atoms with E-state index >= 15 is 0 Å². The van der Waals surface area contributed by atoms with E-state index in [1.807, 2.05) is 0 Å². The molecule has 2 aromatic rings. The average Bonchev–Trinajstić information content (AvgIpc) is 2.89. The predicted octanol–water partition coefficient (Wildman–Crippen LogP) is 0.953. The van der Waals surface area contributed by atoms with Gasteiger partial charge in [-0.05, 0) is 18.9 Å². The third-order valence-corrected chi connectivity index (χ3v) is 2.39. The molecule has 0 aromatic carbocycles. The van der Waals surface area contributed by atoms with E-state index in [1.54, 1.807) is 25.6 Å². The van der Waals surface area contributed by atoms with Gasteiger partial charge in [-0.25, -0.2) is 9.97 Å². The van der Waals surface area contributed by atoms with Gasteiger partial charge in [-0.15, -0.1) is 0 Å². The number of methoxy groups -OCH3 is 1. The van der Waals surface area contributed by atoms with Crippen LogP contribution < -0.4 is 5.73 Å². The molecule has 0 aliphatic carbocycles. The Bertz CT molecular complexity index is 473. The summed E-state index contributed by atoms with van der Waals surface area (Å²) in [6.45, 7) is 0.663. The van der Waals surface area contributed by atoms with Crippen molar-refractivity contribution in [2.75, 3.05) is 13.7 Å². The van der Waals surface area contributed by atoms with Gasteiger partial charge < -0.3 is 15.0 Å². The molecule has 2 heterocycles. The Morgan fingerprint density at radius 3 is 2.83 bits per heavy atom. The molecule has 18 heavy (non-hydrogen) atoms. The van der Waals surface area contributed by atoms with E-state index in [9.17, 15) is 0 Å². The van der Waals surface area contributed by atoms with Crippen molar-refractivity contribution in [1.29, 1.82) is 0 Å². The highest BCUT2D eigenvalue weighted by molar-refractivity contribution is 5.40. The van der Waals surface area contributed by atoms with Gasteiger partial charge in [0.15, 0.2) is 0 Å². The Kier molecular flexibility index (Phi) is 4.32. The summed E-state index contributed by atoms with van der Waals surface area (Å²) in [5.74, 6) is 1.18. The van der Waals surface area contributed by atoms with Gasteiger partial charge in [0.25, 0.3) is 0 Å². The Morgan fingerprint density at radius 2 is 2.11 bits per heavy atom. The van der Waals surface area contributed by atoms with Crippen molar-refractivity contribution in [3.05, 3.63) is 24.4 Å². The summed E-state index contributed by atoms with van der Waals surface area (Å²) < 4.78 is 10.1. The maximum atomic E-state index is 5.93. The summed E-state index contributed by atoms with van der Waals surface area (Å²) in [4.78, 5) is 12.3. The van der Waals surface area contributed by atoms with Crippen molar-refractivity contribution in [2.24, 2.45) is 5.73 Å². The van der Waals surface area contributed by atoms with E-state index in [0.717, 1.165) is 12.8 Å². The molecule has 0 saturated carbocycles. The van der Waals surface area contributed by atoms with Crippen molar-refractivity contribution in [2.45, 2.75) is 18.9 Å². The molecule has 1 atom stereocenters. The van der Waals surface area contributed by atoms with Crippen molar-refractivity contribution in [3.8, 4) is 11.6 Å². The highest BCUT2D eigenvalue weighted by Gasteiger charge is 2.16. The van der Waals surface area contributed by atoms with Gasteiger partial charge >= 0.3 is 0 Å². The minimum Gasteiger partial charge on any atom is -0.385 e. The van der Waals surface area contributed by atoms with E-state index in [0.29, 0.717) is 24.1 Å². The molecule has 2 rings (SSSR count). The Labute approximate surface area is 104 Å². The minimum absolute atomic E-state index is 0.287. The first kappa shape index (κ1) is 12.6. The normalized spacial score (nSPS) is 12.6. The predicted molar refractivity (Wildman–Crippen MR) is 63.4 cm³/mol. The molecule has 0 aliphatic rings. The molecular weight excluding hydrogens is 234 g/mol. The molecule has 7 heteroatoms. The topological polar surface area (TPSA) is 100.0 Å². The molecular formula is C11H15N5O2. The van der Waals surface area contributed by atoms with Gasteiger partial charge in [-0.1, -0.05) is 5.16 Å². The number of hydrogen-bond donors (Lipinski definition) is 1. The fourth-order valence-electron chi connectivity index (χ4n) is 1.46. The zero-order valence-corrected chi connectivity index (χ0v) is 10.1. The molecule has 0 fully saturated rings. The van der Waals surface area contributed by atoms with Crippen LogP contribution in [0.4, 0.5) is 0 Å². The first-order valence-electron chi connectivity index (χ1n) is 5.66. The second-order valence-electron chi connectivity index (χ2n) is 3.77. The van der Waals surface area contributed by atoms with E-state index in [1.165, 1.54) is 0 Å². The van der Waals surface area contributed by atoms with Crippen molar-refractivity contribution in [3.63, 3.8) is 0 Å². The molecule has 0 saturated heterocycles. The molecule has 0 spiro atoms. The van der Waals surface area contributed by atoms with Crippen LogP contribution in [-0.4, -0.2) is 33.8 Å². The van der Waals surface area contributed by atoms with Crippen LogP contribution in [-0.2, 0) is 4.74 Å². The zero-order valence-electron chi connectivity index (χ0n) is 10.1. The van der Waals surface area contributed by atoms with Crippen LogP contribution in [0, 0.1) is 0 Å². The van der Waals surface area contributed by atoms with Crippen LogP contribution in [0.3, 0.4) is 0 Å². The lowest BCUT2D eigenvalue weighted by atomic mass is 10.2. The minimum atomic E-state index is -0.287. The number of ether oxygens (including phenoxy) is 1. The fourth-order valence-corrected chi connectivity index (χ4v) is 1.46. The van der Waals surface area contributed by atoms with Gasteiger partial charge in [-0.3, -0.25) is 0 Å². The van der Waals surface area contributed by atoms with Gasteiger partial charge in [0.05, 0.1) is 6.04 Å². The van der Waals surface area contributed by atoms with Crippen LogP contribution in [0.25, 0.3) is 11.6 Å². The summed E-state index contributed by atoms with van der Waals surface area (Å²) in [6.07, 6.45) is 4.82. The first-order chi connectivity index (χ1) is 8.81. The second kappa shape index (κ2) is 6.18. The lowest BCUT2D eigenvalue weighted by Gasteiger charge is -2.04. The quantitative estimate of drug-likeness (QED) is 0.761. The van der Waals surface area contributed by atoms with Gasteiger partial charge in [0, 0.05) is 26.1 Å². The lowest BCUT2D eigenvalue weighted by Crippen LogP contribution is -2.11. The maximum absolute atomic E-state index is 5.93. The van der Waals surface area contributed by atoms with Crippen LogP contribution >= 0.6 is 0 Å². The van der Waals surface area contributed by atoms with E-state index in [2.05, 4.69) is 20.1 Å². The van der Waals surface area contributed by atoms with Crippen LogP contribution in [0.2, 0.25) is 0 Å². The molecule has 7 nitrogen and oxygen atoms in total. The van der Waals surface area contributed by atoms with Crippen molar-refractivity contribution >= 4 is 0 Å². The maximum Gasteiger partial charge on any atom is 0.243 e. The molecule has 2 N–H and O–H groups in total. The average molecular weight is 249 g/mol. The number of nitrogens with two attached hydrogens (primary N) is 1. The van der Waals surface area contributed by atoms with Crippen molar-refractivity contribution < 1.29 is 9.26 Å². The van der Waals surface area contributed by atoms with E-state index in [4.69, 9.17) is 15.0 Å². The monoisotopic (exact) mass is 249 g/mol. The highest BCUT2D eigenvalue weighted by atomic mass is 16.5. The first-order valence-corrected chi connectivity index (χ1v) is 5.66. The highest BCUT2D eigenvalue weighted by Crippen LogP contribution is 2.16. The molecule has 0 radical (unpaired) electrons. The summed E-state index contributed by atoms with van der Waals surface area (Å²) >= 11 is 0. The fraction of sp³-hybridized carbons (Fsp3) is 0.455. The molecule has 0 aliphatic heterocycles. The molecule has 2 aromatic heterocycles. The molecule has 0 bridgehead atoms. The summed E-state index contributed by atoms with van der Waals surface area (Å²) in [7, 11) is 1.66. The molecule has 1 unspecified atom stereocenters. The Hall–Kier alpha value is -1.86. The number of rotatable bonds is 6. The number of hydrogen-bond acceptors (Lipinski definition) is 7. The Balaban J connectivity index is 2.02. The molecule has 96 valence electrons. The van der Waals surface area contributed by atoms with Gasteiger partial charge in [0.1, 0.15) is 0 Å². The van der Waals surface area contributed by atoms with E-state index < -0.39 is 0 Å².